The van der Waals surface area contributed by atoms with E-state index in [1.807, 2.05) is 6.92 Å². The Bertz CT molecular complexity index is 225. The predicted molar refractivity (Wildman–Crippen MR) is 60.6 cm³/mol. The molecule has 0 bridgehead atoms. The Morgan fingerprint density at radius 2 is 2.07 bits per heavy atom. The molecule has 1 saturated carbocycles. The molecule has 1 aliphatic carbocycles. The first-order valence-electron chi connectivity index (χ1n) is 6.29. The number of fused-ring (bicyclic) bond motifs is 1. The molecule has 2 rings (SSSR count). The maximum atomic E-state index is 5.99. The van der Waals surface area contributed by atoms with Crippen LogP contribution in [-0.2, 0) is 9.47 Å². The molecule has 2 nitrogen and oxygen atoms in total. The summed E-state index contributed by atoms with van der Waals surface area (Å²) in [7, 11) is 0. The van der Waals surface area contributed by atoms with Gasteiger partial charge in [0.05, 0.1) is 6.10 Å². The highest BCUT2D eigenvalue weighted by atomic mass is 16.7. The maximum Gasteiger partial charge on any atom is 0.158 e. The summed E-state index contributed by atoms with van der Waals surface area (Å²) < 4.78 is 11.6. The summed E-state index contributed by atoms with van der Waals surface area (Å²) in [5.41, 5.74) is 0.446. The van der Waals surface area contributed by atoms with Crippen molar-refractivity contribution in [1.82, 2.24) is 0 Å². The standard InChI is InChI=1S/C13H24O2/c1-5-14-12-6-10-9(2)7-13(3,4)8-11(10)15-12/h9-12H,5-8H2,1-4H3/t9-,10+,11+,12-/m0/s1. The predicted octanol–water partition coefficient (Wildman–Crippen LogP) is 3.21. The van der Waals surface area contributed by atoms with E-state index in [1.54, 1.807) is 0 Å². The van der Waals surface area contributed by atoms with Crippen molar-refractivity contribution in [3.8, 4) is 0 Å². The van der Waals surface area contributed by atoms with E-state index in [0.717, 1.165) is 24.9 Å². The van der Waals surface area contributed by atoms with Crippen LogP contribution in [0.25, 0.3) is 0 Å². The van der Waals surface area contributed by atoms with Crippen LogP contribution < -0.4 is 0 Å². The third-order valence-corrected chi connectivity index (χ3v) is 3.98. The molecule has 2 aliphatic rings. The summed E-state index contributed by atoms with van der Waals surface area (Å²) in [6.45, 7) is 9.89. The number of rotatable bonds is 2. The van der Waals surface area contributed by atoms with Crippen LogP contribution in [0.5, 0.6) is 0 Å². The zero-order chi connectivity index (χ0) is 11.1. The Morgan fingerprint density at radius 1 is 1.33 bits per heavy atom. The Balaban J connectivity index is 2.00. The van der Waals surface area contributed by atoms with E-state index in [9.17, 15) is 0 Å². The van der Waals surface area contributed by atoms with Crippen LogP contribution in [0, 0.1) is 17.3 Å². The summed E-state index contributed by atoms with van der Waals surface area (Å²) in [6, 6.07) is 0. The summed E-state index contributed by atoms with van der Waals surface area (Å²) in [6.07, 6.45) is 4.15. The van der Waals surface area contributed by atoms with Crippen molar-refractivity contribution in [2.75, 3.05) is 6.61 Å². The number of hydrogen-bond donors (Lipinski definition) is 0. The zero-order valence-electron chi connectivity index (χ0n) is 10.5. The van der Waals surface area contributed by atoms with Gasteiger partial charge in [-0.3, -0.25) is 0 Å². The second-order valence-corrected chi connectivity index (χ2v) is 6.01. The molecule has 4 atom stereocenters. The molecule has 2 fully saturated rings. The van der Waals surface area contributed by atoms with Crippen molar-refractivity contribution in [3.63, 3.8) is 0 Å². The average molecular weight is 212 g/mol. The molecule has 0 spiro atoms. The second kappa shape index (κ2) is 4.06. The number of ether oxygens (including phenoxy) is 2. The van der Waals surface area contributed by atoms with Gasteiger partial charge >= 0.3 is 0 Å². The maximum absolute atomic E-state index is 5.99. The lowest BCUT2D eigenvalue weighted by molar-refractivity contribution is -0.141. The Morgan fingerprint density at radius 3 is 2.73 bits per heavy atom. The molecule has 0 aromatic rings. The monoisotopic (exact) mass is 212 g/mol. The van der Waals surface area contributed by atoms with Gasteiger partial charge in [0.15, 0.2) is 6.29 Å². The summed E-state index contributed by atoms with van der Waals surface area (Å²) in [5, 5.41) is 0. The molecule has 0 N–H and O–H groups in total. The van der Waals surface area contributed by atoms with Crippen molar-refractivity contribution < 1.29 is 9.47 Å². The fourth-order valence-electron chi connectivity index (χ4n) is 3.47. The first-order chi connectivity index (χ1) is 7.02. The Kier molecular flexibility index (Phi) is 3.09. The number of hydrogen-bond acceptors (Lipinski definition) is 2. The fraction of sp³-hybridized carbons (Fsp3) is 1.00. The van der Waals surface area contributed by atoms with Crippen LogP contribution >= 0.6 is 0 Å². The third kappa shape index (κ3) is 2.36. The van der Waals surface area contributed by atoms with E-state index >= 15 is 0 Å². The van der Waals surface area contributed by atoms with Crippen molar-refractivity contribution >= 4 is 0 Å². The van der Waals surface area contributed by atoms with Crippen molar-refractivity contribution in [2.45, 2.75) is 59.4 Å². The minimum atomic E-state index is 0.0707. The van der Waals surface area contributed by atoms with Gasteiger partial charge in [0.1, 0.15) is 0 Å². The minimum absolute atomic E-state index is 0.0707. The van der Waals surface area contributed by atoms with Gasteiger partial charge in [0, 0.05) is 13.0 Å². The highest BCUT2D eigenvalue weighted by Crippen LogP contribution is 2.48. The smallest absolute Gasteiger partial charge is 0.158 e. The van der Waals surface area contributed by atoms with Crippen LogP contribution in [-0.4, -0.2) is 19.0 Å². The summed E-state index contributed by atoms with van der Waals surface area (Å²) in [5.74, 6) is 1.51. The molecule has 0 aromatic heterocycles. The molecule has 0 radical (unpaired) electrons. The third-order valence-electron chi connectivity index (χ3n) is 3.98. The van der Waals surface area contributed by atoms with E-state index in [2.05, 4.69) is 20.8 Å². The highest BCUT2D eigenvalue weighted by Gasteiger charge is 2.46. The normalized spacial score (nSPS) is 44.0. The molecule has 1 aliphatic heterocycles. The van der Waals surface area contributed by atoms with E-state index < -0.39 is 0 Å². The van der Waals surface area contributed by atoms with Crippen molar-refractivity contribution in [3.05, 3.63) is 0 Å². The molecule has 1 heterocycles. The van der Waals surface area contributed by atoms with Crippen LogP contribution in [0.1, 0.15) is 47.0 Å². The summed E-state index contributed by atoms with van der Waals surface area (Å²) in [4.78, 5) is 0. The highest BCUT2D eigenvalue weighted by molar-refractivity contribution is 4.93. The molecule has 0 unspecified atom stereocenters. The molecule has 15 heavy (non-hydrogen) atoms. The van der Waals surface area contributed by atoms with Crippen molar-refractivity contribution in [1.29, 1.82) is 0 Å². The van der Waals surface area contributed by atoms with Crippen molar-refractivity contribution in [2.24, 2.45) is 17.3 Å². The lowest BCUT2D eigenvalue weighted by Crippen LogP contribution is -2.36. The molecule has 0 aromatic carbocycles. The van der Waals surface area contributed by atoms with E-state index in [0.29, 0.717) is 11.5 Å². The van der Waals surface area contributed by atoms with Gasteiger partial charge in [-0.2, -0.15) is 0 Å². The van der Waals surface area contributed by atoms with E-state index in [4.69, 9.17) is 9.47 Å². The van der Waals surface area contributed by atoms with Gasteiger partial charge in [-0.1, -0.05) is 20.8 Å². The Labute approximate surface area is 93.3 Å². The lowest BCUT2D eigenvalue weighted by atomic mass is 9.66. The Hall–Kier alpha value is -0.0800. The first kappa shape index (κ1) is 11.4. The van der Waals surface area contributed by atoms with Gasteiger partial charge in [-0.05, 0) is 37.0 Å². The molecular formula is C13H24O2. The molecule has 1 saturated heterocycles. The van der Waals surface area contributed by atoms with Crippen LogP contribution in [0.3, 0.4) is 0 Å². The lowest BCUT2D eigenvalue weighted by Gasteiger charge is -2.40. The minimum Gasteiger partial charge on any atom is -0.353 e. The molecule has 2 heteroatoms. The van der Waals surface area contributed by atoms with E-state index in [-0.39, 0.29) is 6.29 Å². The summed E-state index contributed by atoms with van der Waals surface area (Å²) >= 11 is 0. The van der Waals surface area contributed by atoms with Gasteiger partial charge in [0.2, 0.25) is 0 Å². The average Bonchev–Trinajstić information content (AvgIpc) is 2.46. The van der Waals surface area contributed by atoms with Gasteiger partial charge < -0.3 is 9.47 Å². The largest absolute Gasteiger partial charge is 0.353 e. The first-order valence-corrected chi connectivity index (χ1v) is 6.29. The second-order valence-electron chi connectivity index (χ2n) is 6.01. The molecule has 88 valence electrons. The topological polar surface area (TPSA) is 18.5 Å². The molecule has 0 amide bonds. The van der Waals surface area contributed by atoms with Gasteiger partial charge in [-0.25, -0.2) is 0 Å². The molecular weight excluding hydrogens is 188 g/mol. The SMILES string of the molecule is CCO[C@@H]1C[C@@H]2[C@@H](C)CC(C)(C)C[C@H]2O1. The van der Waals surface area contributed by atoms with Crippen LogP contribution in [0.4, 0.5) is 0 Å². The van der Waals surface area contributed by atoms with Gasteiger partial charge in [0.25, 0.3) is 0 Å². The van der Waals surface area contributed by atoms with E-state index in [1.165, 1.54) is 12.8 Å². The van der Waals surface area contributed by atoms with Crippen LogP contribution in [0.15, 0.2) is 0 Å². The van der Waals surface area contributed by atoms with Gasteiger partial charge in [-0.15, -0.1) is 0 Å². The zero-order valence-corrected chi connectivity index (χ0v) is 10.5. The van der Waals surface area contributed by atoms with Crippen LogP contribution in [0.2, 0.25) is 0 Å². The fourth-order valence-corrected chi connectivity index (χ4v) is 3.47. The quantitative estimate of drug-likeness (QED) is 0.699.